The fourth-order valence-corrected chi connectivity index (χ4v) is 4.33. The summed E-state index contributed by atoms with van der Waals surface area (Å²) in [5, 5.41) is 10.2. The maximum atomic E-state index is 13.6. The molecule has 8 nitrogen and oxygen atoms in total. The lowest BCUT2D eigenvalue weighted by atomic mass is 9.99. The van der Waals surface area contributed by atoms with Gasteiger partial charge in [-0.2, -0.15) is 15.0 Å². The topological polar surface area (TPSA) is 82.4 Å². The van der Waals surface area contributed by atoms with Gasteiger partial charge in [-0.15, -0.1) is 0 Å². The third kappa shape index (κ3) is 4.00. The highest BCUT2D eigenvalue weighted by Crippen LogP contribution is 2.32. The number of nitrogens with zero attached hydrogens (tertiary/aromatic N) is 5. The molecule has 1 saturated heterocycles. The smallest absolute Gasteiger partial charge is 0.256 e. The molecule has 3 heterocycles. The Morgan fingerprint density at radius 1 is 1.00 bits per heavy atom. The van der Waals surface area contributed by atoms with E-state index in [0.29, 0.717) is 29.4 Å². The second-order valence-corrected chi connectivity index (χ2v) is 8.14. The van der Waals surface area contributed by atoms with Crippen LogP contribution in [0.4, 0.5) is 0 Å². The molecule has 0 N–H and O–H groups in total. The predicted octanol–water partition coefficient (Wildman–Crippen LogP) is 3.90. The number of ether oxygens (including phenoxy) is 2. The van der Waals surface area contributed by atoms with Crippen molar-refractivity contribution < 1.29 is 14.3 Å². The Bertz CT molecular complexity index is 1270. The molecule has 1 aliphatic heterocycles. The molecule has 0 spiro atoms. The van der Waals surface area contributed by atoms with Crippen molar-refractivity contribution in [3.8, 4) is 17.3 Å². The van der Waals surface area contributed by atoms with Crippen LogP contribution in [0.2, 0.25) is 0 Å². The molecule has 1 fully saturated rings. The van der Waals surface area contributed by atoms with Crippen LogP contribution in [0.3, 0.4) is 0 Å². The van der Waals surface area contributed by atoms with Gasteiger partial charge in [-0.05, 0) is 38.0 Å². The van der Waals surface area contributed by atoms with E-state index < -0.39 is 0 Å². The fraction of sp³-hybridized carbons (Fsp3) is 0.280. The van der Waals surface area contributed by atoms with Gasteiger partial charge in [0.1, 0.15) is 11.9 Å². The van der Waals surface area contributed by atoms with E-state index in [9.17, 15) is 4.79 Å². The van der Waals surface area contributed by atoms with Gasteiger partial charge in [0.2, 0.25) is 5.88 Å². The minimum absolute atomic E-state index is 0.0590. The standard InChI is InChI=1S/C25H25N5O3/c1-17-11-12-18(33-24-20-8-4-3-7-19(20)23(32-2)15-26-24)16-29(17)25(31)21-9-5-6-10-22(21)30-27-13-14-28-30/h3-10,13-15,17-18H,11-12,16H2,1-2H3. The van der Waals surface area contributed by atoms with Crippen molar-refractivity contribution in [1.82, 2.24) is 24.9 Å². The van der Waals surface area contributed by atoms with Crippen LogP contribution in [0.15, 0.2) is 67.1 Å². The third-order valence-electron chi connectivity index (χ3n) is 6.09. The molecular formula is C25H25N5O3. The van der Waals surface area contributed by atoms with Crippen LogP contribution in [-0.4, -0.2) is 56.6 Å². The average molecular weight is 444 g/mol. The molecule has 5 rings (SSSR count). The molecule has 33 heavy (non-hydrogen) atoms. The van der Waals surface area contributed by atoms with Gasteiger partial charge in [0.05, 0.1) is 43.5 Å². The van der Waals surface area contributed by atoms with Gasteiger partial charge < -0.3 is 14.4 Å². The summed E-state index contributed by atoms with van der Waals surface area (Å²) in [6, 6.07) is 15.4. The number of piperidine rings is 1. The number of hydrogen-bond donors (Lipinski definition) is 0. The van der Waals surface area contributed by atoms with Gasteiger partial charge in [-0.3, -0.25) is 4.79 Å². The first-order chi connectivity index (χ1) is 16.2. The van der Waals surface area contributed by atoms with Gasteiger partial charge >= 0.3 is 0 Å². The monoisotopic (exact) mass is 443 g/mol. The number of pyridine rings is 1. The molecule has 2 aromatic heterocycles. The Hall–Kier alpha value is -3.94. The summed E-state index contributed by atoms with van der Waals surface area (Å²) in [4.78, 5) is 21.4. The summed E-state index contributed by atoms with van der Waals surface area (Å²) >= 11 is 0. The Kier molecular flexibility index (Phi) is 5.64. The first-order valence-electron chi connectivity index (χ1n) is 11.0. The number of fused-ring (bicyclic) bond motifs is 1. The second-order valence-electron chi connectivity index (χ2n) is 8.14. The summed E-state index contributed by atoms with van der Waals surface area (Å²) < 4.78 is 11.8. The van der Waals surface area contributed by atoms with Gasteiger partial charge in [0, 0.05) is 16.8 Å². The second kappa shape index (κ2) is 8.90. The third-order valence-corrected chi connectivity index (χ3v) is 6.09. The van der Waals surface area contributed by atoms with Gasteiger partial charge in [0.25, 0.3) is 5.91 Å². The van der Waals surface area contributed by atoms with Gasteiger partial charge in [-0.1, -0.05) is 30.3 Å². The summed E-state index contributed by atoms with van der Waals surface area (Å²) in [5.74, 6) is 1.20. The van der Waals surface area contributed by atoms with Crippen LogP contribution in [0.1, 0.15) is 30.1 Å². The van der Waals surface area contributed by atoms with E-state index in [1.807, 2.05) is 53.4 Å². The van der Waals surface area contributed by atoms with E-state index in [1.54, 1.807) is 25.7 Å². The van der Waals surface area contributed by atoms with Crippen LogP contribution in [0, 0.1) is 0 Å². The molecule has 2 atom stereocenters. The lowest BCUT2D eigenvalue weighted by Crippen LogP contribution is -2.49. The van der Waals surface area contributed by atoms with E-state index in [0.717, 1.165) is 23.6 Å². The Morgan fingerprint density at radius 3 is 2.52 bits per heavy atom. The highest BCUT2D eigenvalue weighted by molar-refractivity contribution is 5.98. The van der Waals surface area contributed by atoms with Crippen LogP contribution >= 0.6 is 0 Å². The summed E-state index contributed by atoms with van der Waals surface area (Å²) in [5.41, 5.74) is 1.22. The Balaban J connectivity index is 1.40. The molecule has 0 bridgehead atoms. The van der Waals surface area contributed by atoms with E-state index in [2.05, 4.69) is 22.1 Å². The number of hydrogen-bond acceptors (Lipinski definition) is 6. The first kappa shape index (κ1) is 20.9. The number of carbonyl (C=O) groups is 1. The minimum Gasteiger partial charge on any atom is -0.494 e. The number of carbonyl (C=O) groups excluding carboxylic acids is 1. The zero-order chi connectivity index (χ0) is 22.8. The zero-order valence-electron chi connectivity index (χ0n) is 18.6. The van der Waals surface area contributed by atoms with E-state index in [1.165, 1.54) is 4.80 Å². The van der Waals surface area contributed by atoms with Crippen LogP contribution in [0.25, 0.3) is 16.5 Å². The number of benzene rings is 2. The van der Waals surface area contributed by atoms with Crippen molar-refractivity contribution in [2.75, 3.05) is 13.7 Å². The Morgan fingerprint density at radius 2 is 1.73 bits per heavy atom. The number of amides is 1. The number of likely N-dealkylation sites (tertiary alicyclic amines) is 1. The molecule has 2 aromatic carbocycles. The van der Waals surface area contributed by atoms with Crippen molar-refractivity contribution in [1.29, 1.82) is 0 Å². The van der Waals surface area contributed by atoms with E-state index in [4.69, 9.17) is 9.47 Å². The summed E-state index contributed by atoms with van der Waals surface area (Å²) in [6.45, 7) is 2.55. The lowest BCUT2D eigenvalue weighted by Gasteiger charge is -2.38. The van der Waals surface area contributed by atoms with Crippen LogP contribution in [-0.2, 0) is 0 Å². The number of rotatable bonds is 5. The SMILES string of the molecule is COc1cnc(OC2CCC(C)N(C(=O)c3ccccc3-n3nccn3)C2)c2ccccc12. The average Bonchev–Trinajstić information content (AvgIpc) is 3.40. The summed E-state index contributed by atoms with van der Waals surface area (Å²) in [6.07, 6.45) is 6.40. The first-order valence-corrected chi connectivity index (χ1v) is 11.0. The van der Waals surface area contributed by atoms with Crippen molar-refractivity contribution in [3.63, 3.8) is 0 Å². The quantitative estimate of drug-likeness (QED) is 0.465. The van der Waals surface area contributed by atoms with E-state index >= 15 is 0 Å². The van der Waals surface area contributed by atoms with Crippen LogP contribution < -0.4 is 9.47 Å². The molecule has 0 saturated carbocycles. The molecule has 168 valence electrons. The molecule has 0 radical (unpaired) electrons. The molecular weight excluding hydrogens is 418 g/mol. The van der Waals surface area contributed by atoms with Crippen molar-refractivity contribution >= 4 is 16.7 Å². The van der Waals surface area contributed by atoms with Crippen LogP contribution in [0.5, 0.6) is 11.6 Å². The normalized spacial score (nSPS) is 18.3. The molecule has 2 unspecified atom stereocenters. The van der Waals surface area contributed by atoms with Crippen molar-refractivity contribution in [2.24, 2.45) is 0 Å². The van der Waals surface area contributed by atoms with Gasteiger partial charge in [-0.25, -0.2) is 4.98 Å². The predicted molar refractivity (Wildman–Crippen MR) is 124 cm³/mol. The van der Waals surface area contributed by atoms with E-state index in [-0.39, 0.29) is 18.1 Å². The highest BCUT2D eigenvalue weighted by atomic mass is 16.5. The maximum absolute atomic E-state index is 13.6. The molecule has 1 amide bonds. The molecule has 0 aliphatic carbocycles. The lowest BCUT2D eigenvalue weighted by molar-refractivity contribution is 0.0377. The molecule has 1 aliphatic rings. The largest absolute Gasteiger partial charge is 0.494 e. The highest BCUT2D eigenvalue weighted by Gasteiger charge is 2.32. The van der Waals surface area contributed by atoms with Crippen molar-refractivity contribution in [3.05, 3.63) is 72.7 Å². The zero-order valence-corrected chi connectivity index (χ0v) is 18.6. The number of aromatic nitrogens is 4. The van der Waals surface area contributed by atoms with Gasteiger partial charge in [0.15, 0.2) is 0 Å². The minimum atomic E-state index is -0.163. The Labute approximate surface area is 191 Å². The maximum Gasteiger partial charge on any atom is 0.256 e. The molecule has 8 heteroatoms. The fourth-order valence-electron chi connectivity index (χ4n) is 4.33. The number of para-hydroxylation sites is 1. The molecule has 4 aromatic rings. The van der Waals surface area contributed by atoms with Crippen molar-refractivity contribution in [2.45, 2.75) is 31.9 Å². The number of methoxy groups -OCH3 is 1. The summed E-state index contributed by atoms with van der Waals surface area (Å²) in [7, 11) is 1.63.